The van der Waals surface area contributed by atoms with Crippen molar-refractivity contribution < 1.29 is 0 Å². The topological polar surface area (TPSA) is 24.9 Å². The lowest BCUT2D eigenvalue weighted by Gasteiger charge is -2.19. The molecule has 94 valence electrons. The SMILES string of the molecule is CC1(C)CCC(Nc2ccnc3ccccc23)C1. The molecule has 1 aliphatic carbocycles. The van der Waals surface area contributed by atoms with E-state index >= 15 is 0 Å². The quantitative estimate of drug-likeness (QED) is 0.850. The summed E-state index contributed by atoms with van der Waals surface area (Å²) in [4.78, 5) is 4.41. The summed E-state index contributed by atoms with van der Waals surface area (Å²) in [6.07, 6.45) is 5.73. The van der Waals surface area contributed by atoms with E-state index in [2.05, 4.69) is 48.4 Å². The number of rotatable bonds is 2. The molecule has 1 fully saturated rings. The van der Waals surface area contributed by atoms with Crippen LogP contribution >= 0.6 is 0 Å². The highest BCUT2D eigenvalue weighted by molar-refractivity contribution is 5.90. The molecule has 0 aliphatic heterocycles. The Morgan fingerprint density at radius 3 is 2.83 bits per heavy atom. The number of nitrogens with one attached hydrogen (secondary N) is 1. The summed E-state index contributed by atoms with van der Waals surface area (Å²) >= 11 is 0. The van der Waals surface area contributed by atoms with E-state index in [1.54, 1.807) is 0 Å². The zero-order valence-corrected chi connectivity index (χ0v) is 11.1. The fourth-order valence-corrected chi connectivity index (χ4v) is 3.00. The molecule has 1 N–H and O–H groups in total. The van der Waals surface area contributed by atoms with Gasteiger partial charge in [0.05, 0.1) is 5.52 Å². The average Bonchev–Trinajstić information content (AvgIpc) is 2.69. The third-order valence-electron chi connectivity index (χ3n) is 3.98. The van der Waals surface area contributed by atoms with Crippen molar-refractivity contribution in [1.29, 1.82) is 0 Å². The highest BCUT2D eigenvalue weighted by atomic mass is 14.9. The number of para-hydroxylation sites is 1. The van der Waals surface area contributed by atoms with Crippen molar-refractivity contribution in [3.05, 3.63) is 36.5 Å². The standard InChI is InChI=1S/C16H20N2/c1-16(2)9-7-12(11-16)18-15-8-10-17-14-6-4-3-5-13(14)15/h3-6,8,10,12H,7,9,11H2,1-2H3,(H,17,18). The Kier molecular flexibility index (Phi) is 2.73. The molecule has 3 rings (SSSR count). The minimum atomic E-state index is 0.487. The van der Waals surface area contributed by atoms with Crippen molar-refractivity contribution in [2.24, 2.45) is 5.41 Å². The van der Waals surface area contributed by atoms with Gasteiger partial charge in [-0.2, -0.15) is 0 Å². The van der Waals surface area contributed by atoms with Crippen molar-refractivity contribution in [3.63, 3.8) is 0 Å². The smallest absolute Gasteiger partial charge is 0.0722 e. The molecule has 1 unspecified atom stereocenters. The molecular weight excluding hydrogens is 220 g/mol. The largest absolute Gasteiger partial charge is 0.382 e. The molecule has 2 aromatic rings. The second-order valence-electron chi connectivity index (χ2n) is 6.12. The minimum absolute atomic E-state index is 0.487. The molecule has 0 amide bonds. The molecular formula is C16H20N2. The monoisotopic (exact) mass is 240 g/mol. The number of pyridine rings is 1. The van der Waals surface area contributed by atoms with Crippen LogP contribution in [0.15, 0.2) is 36.5 Å². The minimum Gasteiger partial charge on any atom is -0.382 e. The number of hydrogen-bond acceptors (Lipinski definition) is 2. The van der Waals surface area contributed by atoms with Crippen LogP contribution in [0.2, 0.25) is 0 Å². The Morgan fingerprint density at radius 1 is 1.22 bits per heavy atom. The van der Waals surface area contributed by atoms with Crippen molar-refractivity contribution in [3.8, 4) is 0 Å². The van der Waals surface area contributed by atoms with Gasteiger partial charge in [-0.25, -0.2) is 0 Å². The van der Waals surface area contributed by atoms with Crippen LogP contribution in [-0.4, -0.2) is 11.0 Å². The van der Waals surface area contributed by atoms with Crippen LogP contribution in [0.4, 0.5) is 5.69 Å². The zero-order chi connectivity index (χ0) is 12.6. The lowest BCUT2D eigenvalue weighted by Crippen LogP contribution is -2.17. The lowest BCUT2D eigenvalue weighted by molar-refractivity contribution is 0.378. The number of nitrogens with zero attached hydrogens (tertiary/aromatic N) is 1. The van der Waals surface area contributed by atoms with E-state index in [1.165, 1.54) is 30.3 Å². The lowest BCUT2D eigenvalue weighted by atomic mass is 9.92. The Morgan fingerprint density at radius 2 is 2.06 bits per heavy atom. The highest BCUT2D eigenvalue weighted by Crippen LogP contribution is 2.38. The summed E-state index contributed by atoms with van der Waals surface area (Å²) in [7, 11) is 0. The normalized spacial score (nSPS) is 22.2. The van der Waals surface area contributed by atoms with Crippen LogP contribution in [0.1, 0.15) is 33.1 Å². The van der Waals surface area contributed by atoms with Gasteiger partial charge in [-0.3, -0.25) is 4.98 Å². The van der Waals surface area contributed by atoms with E-state index in [-0.39, 0.29) is 0 Å². The van der Waals surface area contributed by atoms with Gasteiger partial charge in [0, 0.05) is 23.3 Å². The first-order chi connectivity index (χ1) is 8.64. The number of aromatic nitrogens is 1. The maximum Gasteiger partial charge on any atom is 0.0722 e. The molecule has 1 aromatic carbocycles. The van der Waals surface area contributed by atoms with Crippen LogP contribution in [0.5, 0.6) is 0 Å². The fourth-order valence-electron chi connectivity index (χ4n) is 3.00. The zero-order valence-electron chi connectivity index (χ0n) is 11.1. The Hall–Kier alpha value is -1.57. The van der Waals surface area contributed by atoms with Gasteiger partial charge < -0.3 is 5.32 Å². The molecule has 0 saturated heterocycles. The average molecular weight is 240 g/mol. The van der Waals surface area contributed by atoms with Gasteiger partial charge in [-0.15, -0.1) is 0 Å². The van der Waals surface area contributed by atoms with Crippen LogP contribution in [0.3, 0.4) is 0 Å². The molecule has 0 spiro atoms. The number of fused-ring (bicyclic) bond motifs is 1. The Balaban J connectivity index is 1.87. The summed E-state index contributed by atoms with van der Waals surface area (Å²) in [6, 6.07) is 11.0. The molecule has 0 radical (unpaired) electrons. The van der Waals surface area contributed by atoms with Gasteiger partial charge in [0.15, 0.2) is 0 Å². The second-order valence-corrected chi connectivity index (χ2v) is 6.12. The maximum absolute atomic E-state index is 4.41. The first-order valence-electron chi connectivity index (χ1n) is 6.74. The van der Waals surface area contributed by atoms with E-state index in [4.69, 9.17) is 0 Å². The predicted octanol–water partition coefficient (Wildman–Crippen LogP) is 4.23. The summed E-state index contributed by atoms with van der Waals surface area (Å²) in [5.74, 6) is 0. The molecule has 2 nitrogen and oxygen atoms in total. The molecule has 1 aliphatic rings. The van der Waals surface area contributed by atoms with Crippen molar-refractivity contribution in [2.75, 3.05) is 5.32 Å². The molecule has 0 bridgehead atoms. The summed E-state index contributed by atoms with van der Waals surface area (Å²) in [5.41, 5.74) is 2.78. The summed E-state index contributed by atoms with van der Waals surface area (Å²) in [5, 5.41) is 4.93. The molecule has 1 heterocycles. The molecule has 1 aromatic heterocycles. The highest BCUT2D eigenvalue weighted by Gasteiger charge is 2.30. The van der Waals surface area contributed by atoms with Gasteiger partial charge in [-0.1, -0.05) is 32.0 Å². The van der Waals surface area contributed by atoms with E-state index in [0.717, 1.165) is 5.52 Å². The number of anilines is 1. The Labute approximate surface area is 108 Å². The third-order valence-corrected chi connectivity index (χ3v) is 3.98. The van der Waals surface area contributed by atoms with E-state index in [0.29, 0.717) is 11.5 Å². The van der Waals surface area contributed by atoms with Gasteiger partial charge in [0.2, 0.25) is 0 Å². The Bertz CT molecular complexity index is 555. The maximum atomic E-state index is 4.41. The fraction of sp³-hybridized carbons (Fsp3) is 0.438. The van der Waals surface area contributed by atoms with E-state index in [9.17, 15) is 0 Å². The third kappa shape index (κ3) is 2.20. The van der Waals surface area contributed by atoms with Crippen LogP contribution < -0.4 is 5.32 Å². The summed E-state index contributed by atoms with van der Waals surface area (Å²) in [6.45, 7) is 4.72. The molecule has 2 heteroatoms. The molecule has 1 atom stereocenters. The van der Waals surface area contributed by atoms with Crippen molar-refractivity contribution in [2.45, 2.75) is 39.2 Å². The van der Waals surface area contributed by atoms with Crippen LogP contribution in [0, 0.1) is 5.41 Å². The van der Waals surface area contributed by atoms with Crippen LogP contribution in [-0.2, 0) is 0 Å². The second kappa shape index (κ2) is 4.27. The summed E-state index contributed by atoms with van der Waals surface area (Å²) < 4.78 is 0. The van der Waals surface area contributed by atoms with Crippen LogP contribution in [0.25, 0.3) is 10.9 Å². The van der Waals surface area contributed by atoms with Gasteiger partial charge in [0.1, 0.15) is 0 Å². The number of hydrogen-bond donors (Lipinski definition) is 1. The molecule has 18 heavy (non-hydrogen) atoms. The predicted molar refractivity (Wildman–Crippen MR) is 76.8 cm³/mol. The van der Waals surface area contributed by atoms with E-state index < -0.39 is 0 Å². The van der Waals surface area contributed by atoms with Gasteiger partial charge in [-0.05, 0) is 36.8 Å². The first-order valence-corrected chi connectivity index (χ1v) is 6.74. The first kappa shape index (κ1) is 11.5. The van der Waals surface area contributed by atoms with Crippen molar-refractivity contribution in [1.82, 2.24) is 4.98 Å². The molecule has 1 saturated carbocycles. The van der Waals surface area contributed by atoms with Crippen molar-refractivity contribution >= 4 is 16.6 Å². The van der Waals surface area contributed by atoms with Gasteiger partial charge in [0.25, 0.3) is 0 Å². The van der Waals surface area contributed by atoms with E-state index in [1.807, 2.05) is 12.3 Å². The van der Waals surface area contributed by atoms with Gasteiger partial charge >= 0.3 is 0 Å². The number of benzene rings is 1.